The molecule has 0 aliphatic heterocycles. The van der Waals surface area contributed by atoms with Gasteiger partial charge in [0.25, 0.3) is 0 Å². The smallest absolute Gasteiger partial charge is 0.439 e. The number of oxazole rings is 1. The lowest BCUT2D eigenvalue weighted by atomic mass is 10.2. The van der Waals surface area contributed by atoms with E-state index in [0.29, 0.717) is 16.3 Å². The van der Waals surface area contributed by atoms with E-state index < -0.39 is 17.3 Å². The van der Waals surface area contributed by atoms with E-state index in [0.717, 1.165) is 4.57 Å². The maximum atomic E-state index is 13.0. The summed E-state index contributed by atoms with van der Waals surface area (Å²) in [6.07, 6.45) is -3.14. The van der Waals surface area contributed by atoms with Crippen LogP contribution in [0.4, 0.5) is 13.2 Å². The van der Waals surface area contributed by atoms with Crippen LogP contribution in [0.2, 0.25) is 5.02 Å². The van der Waals surface area contributed by atoms with Gasteiger partial charge in [-0.05, 0) is 19.1 Å². The topological polar surface area (TPSA) is 56.7 Å². The second-order valence-electron chi connectivity index (χ2n) is 5.10. The molecule has 0 N–H and O–H groups in total. The third kappa shape index (κ3) is 3.52. The van der Waals surface area contributed by atoms with Gasteiger partial charge in [0, 0.05) is 17.1 Å². The van der Waals surface area contributed by atoms with Gasteiger partial charge in [-0.1, -0.05) is 23.7 Å². The fourth-order valence-corrected chi connectivity index (χ4v) is 2.84. The summed E-state index contributed by atoms with van der Waals surface area (Å²) in [4.78, 5) is 4.10. The molecule has 1 atom stereocenters. The summed E-state index contributed by atoms with van der Waals surface area (Å²) in [5, 5.41) is 6.49. The van der Waals surface area contributed by atoms with Gasteiger partial charge in [-0.15, -0.1) is 10.2 Å². The molecule has 3 rings (SSSR count). The number of hydrogen-bond donors (Lipinski definition) is 1. The van der Waals surface area contributed by atoms with E-state index >= 15 is 0 Å². The van der Waals surface area contributed by atoms with Gasteiger partial charge in [0.1, 0.15) is 5.25 Å². The minimum atomic E-state index is -4.60. The molecule has 0 fully saturated rings. The quantitative estimate of drug-likeness (QED) is 0.661. The molecule has 0 aliphatic rings. The highest BCUT2D eigenvalue weighted by Gasteiger charge is 2.39. The molecular formula is C15H12ClF3N4OS. The van der Waals surface area contributed by atoms with Crippen LogP contribution in [0.15, 0.2) is 34.9 Å². The first-order valence-corrected chi connectivity index (χ1v) is 8.10. The number of aromatic nitrogens is 4. The molecule has 0 spiro atoms. The summed E-state index contributed by atoms with van der Waals surface area (Å²) < 4.78 is 45.5. The van der Waals surface area contributed by atoms with E-state index in [-0.39, 0.29) is 18.3 Å². The SMILES string of the molecule is CCn1c(C(S)c2ncc(-c3cccc(Cl)c3)o2)nnc1C(F)(F)F. The Balaban J connectivity index is 1.95. The van der Waals surface area contributed by atoms with Gasteiger partial charge < -0.3 is 8.98 Å². The zero-order valence-corrected chi connectivity index (χ0v) is 14.5. The summed E-state index contributed by atoms with van der Waals surface area (Å²) in [5.74, 6) is -0.521. The van der Waals surface area contributed by atoms with Crippen molar-refractivity contribution in [2.45, 2.75) is 24.9 Å². The number of thiol groups is 1. The Labute approximate surface area is 151 Å². The van der Waals surface area contributed by atoms with Crippen molar-refractivity contribution in [2.75, 3.05) is 0 Å². The lowest BCUT2D eigenvalue weighted by Gasteiger charge is -2.11. The highest BCUT2D eigenvalue weighted by molar-refractivity contribution is 7.80. The molecule has 3 aromatic rings. The standard InChI is InChI=1S/C15H12ClF3N4OS/c1-2-23-12(21-22-14(23)15(17,18)19)11(25)13-20-7-10(24-13)8-4-3-5-9(16)6-8/h3-7,11,25H,2H2,1H3. The average molecular weight is 389 g/mol. The van der Waals surface area contributed by atoms with Crippen LogP contribution in [-0.2, 0) is 12.7 Å². The molecular weight excluding hydrogens is 377 g/mol. The third-order valence-corrected chi connectivity index (χ3v) is 4.15. The zero-order chi connectivity index (χ0) is 18.2. The molecule has 25 heavy (non-hydrogen) atoms. The predicted octanol–water partition coefficient (Wildman–Crippen LogP) is 4.64. The van der Waals surface area contributed by atoms with Crippen molar-refractivity contribution in [1.29, 1.82) is 0 Å². The first kappa shape index (κ1) is 17.8. The highest BCUT2D eigenvalue weighted by atomic mass is 35.5. The van der Waals surface area contributed by atoms with Crippen LogP contribution in [-0.4, -0.2) is 19.7 Å². The first-order chi connectivity index (χ1) is 11.8. The van der Waals surface area contributed by atoms with Crippen LogP contribution in [0.25, 0.3) is 11.3 Å². The van der Waals surface area contributed by atoms with Gasteiger partial charge in [0.15, 0.2) is 11.6 Å². The van der Waals surface area contributed by atoms with Gasteiger partial charge in [-0.3, -0.25) is 0 Å². The van der Waals surface area contributed by atoms with Crippen molar-refractivity contribution in [3.8, 4) is 11.3 Å². The Hall–Kier alpha value is -2.00. The van der Waals surface area contributed by atoms with Crippen LogP contribution in [0, 0.1) is 0 Å². The van der Waals surface area contributed by atoms with E-state index in [2.05, 4.69) is 27.8 Å². The molecule has 5 nitrogen and oxygen atoms in total. The molecule has 132 valence electrons. The fraction of sp³-hybridized carbons (Fsp3) is 0.267. The Morgan fingerprint density at radius 1 is 1.32 bits per heavy atom. The van der Waals surface area contributed by atoms with Crippen LogP contribution in [0.3, 0.4) is 0 Å². The molecule has 0 saturated carbocycles. The summed E-state index contributed by atoms with van der Waals surface area (Å²) in [6.45, 7) is 1.60. The largest absolute Gasteiger partial charge is 0.451 e. The van der Waals surface area contributed by atoms with E-state index in [1.807, 2.05) is 0 Å². The molecule has 1 aromatic carbocycles. The number of nitrogens with zero attached hydrogens (tertiary/aromatic N) is 4. The van der Waals surface area contributed by atoms with Crippen molar-refractivity contribution in [2.24, 2.45) is 0 Å². The zero-order valence-electron chi connectivity index (χ0n) is 12.8. The Morgan fingerprint density at radius 2 is 2.08 bits per heavy atom. The van der Waals surface area contributed by atoms with E-state index in [1.165, 1.54) is 6.20 Å². The average Bonchev–Trinajstić information content (AvgIpc) is 3.20. The number of hydrogen-bond acceptors (Lipinski definition) is 5. The van der Waals surface area contributed by atoms with Crippen LogP contribution in [0.5, 0.6) is 0 Å². The van der Waals surface area contributed by atoms with E-state index in [4.69, 9.17) is 16.0 Å². The Morgan fingerprint density at radius 3 is 2.72 bits per heavy atom. The van der Waals surface area contributed by atoms with Crippen molar-refractivity contribution >= 4 is 24.2 Å². The molecule has 10 heteroatoms. The van der Waals surface area contributed by atoms with Crippen molar-refractivity contribution in [3.63, 3.8) is 0 Å². The van der Waals surface area contributed by atoms with Crippen LogP contribution >= 0.6 is 24.2 Å². The monoisotopic (exact) mass is 388 g/mol. The Kier molecular flexibility index (Phi) is 4.79. The summed E-state index contributed by atoms with van der Waals surface area (Å²) >= 11 is 10.3. The Bertz CT molecular complexity index is 893. The minimum Gasteiger partial charge on any atom is -0.439 e. The highest BCUT2D eigenvalue weighted by Crippen LogP contribution is 2.34. The summed E-state index contributed by atoms with van der Waals surface area (Å²) in [7, 11) is 0. The molecule has 0 amide bonds. The molecule has 1 unspecified atom stereocenters. The number of benzene rings is 1. The van der Waals surface area contributed by atoms with Gasteiger partial charge in [-0.25, -0.2) is 4.98 Å². The molecule has 0 radical (unpaired) electrons. The fourth-order valence-electron chi connectivity index (χ4n) is 2.34. The van der Waals surface area contributed by atoms with Gasteiger partial charge in [0.05, 0.1) is 6.20 Å². The molecule has 0 saturated heterocycles. The maximum Gasteiger partial charge on any atom is 0.451 e. The predicted molar refractivity (Wildman–Crippen MR) is 88.5 cm³/mol. The van der Waals surface area contributed by atoms with Crippen molar-refractivity contribution in [3.05, 3.63) is 53.0 Å². The van der Waals surface area contributed by atoms with Crippen LogP contribution in [0.1, 0.15) is 29.7 Å². The minimum absolute atomic E-state index is 0.0117. The molecule has 0 bridgehead atoms. The first-order valence-electron chi connectivity index (χ1n) is 7.21. The normalized spacial score (nSPS) is 13.2. The molecule has 0 aliphatic carbocycles. The van der Waals surface area contributed by atoms with Gasteiger partial charge >= 0.3 is 6.18 Å². The lowest BCUT2D eigenvalue weighted by Crippen LogP contribution is -2.16. The van der Waals surface area contributed by atoms with Gasteiger partial charge in [0.2, 0.25) is 11.7 Å². The van der Waals surface area contributed by atoms with Crippen molar-refractivity contribution in [1.82, 2.24) is 19.7 Å². The van der Waals surface area contributed by atoms with E-state index in [1.54, 1.807) is 31.2 Å². The number of halogens is 4. The number of alkyl halides is 3. The molecule has 2 heterocycles. The van der Waals surface area contributed by atoms with E-state index in [9.17, 15) is 13.2 Å². The molecule has 2 aromatic heterocycles. The van der Waals surface area contributed by atoms with Gasteiger partial charge in [-0.2, -0.15) is 25.8 Å². The summed E-state index contributed by atoms with van der Waals surface area (Å²) in [5.41, 5.74) is 0.694. The lowest BCUT2D eigenvalue weighted by molar-refractivity contribution is -0.147. The summed E-state index contributed by atoms with van der Waals surface area (Å²) in [6, 6.07) is 6.93. The second kappa shape index (κ2) is 6.72. The van der Waals surface area contributed by atoms with Crippen LogP contribution < -0.4 is 0 Å². The van der Waals surface area contributed by atoms with Crippen molar-refractivity contribution < 1.29 is 17.6 Å². The second-order valence-corrected chi connectivity index (χ2v) is 6.05. The maximum absolute atomic E-state index is 13.0. The third-order valence-electron chi connectivity index (χ3n) is 3.46. The number of rotatable bonds is 4.